The molecule has 0 saturated carbocycles. The fourth-order valence-corrected chi connectivity index (χ4v) is 2.80. The maximum atomic E-state index is 12.2. The Balaban J connectivity index is 0.00000126. The van der Waals surface area contributed by atoms with Gasteiger partial charge in [-0.3, -0.25) is 5.32 Å². The van der Waals surface area contributed by atoms with Gasteiger partial charge in [-0.15, -0.1) is 0 Å². The van der Waals surface area contributed by atoms with Gasteiger partial charge in [-0.25, -0.2) is 4.79 Å². The second-order valence-corrected chi connectivity index (χ2v) is 5.96. The van der Waals surface area contributed by atoms with Gasteiger partial charge >= 0.3 is 6.09 Å². The maximum absolute atomic E-state index is 12.2. The van der Waals surface area contributed by atoms with Crippen LogP contribution >= 0.6 is 11.6 Å². The zero-order valence-corrected chi connectivity index (χ0v) is 16.4. The summed E-state index contributed by atoms with van der Waals surface area (Å²) >= 11 is 6.14. The van der Waals surface area contributed by atoms with Crippen LogP contribution in [0.25, 0.3) is 5.69 Å². The Bertz CT molecular complexity index is 875. The summed E-state index contributed by atoms with van der Waals surface area (Å²) in [7, 11) is 0. The first-order valence-electron chi connectivity index (χ1n) is 8.80. The summed E-state index contributed by atoms with van der Waals surface area (Å²) in [6.07, 6.45) is 0.829. The van der Waals surface area contributed by atoms with Crippen LogP contribution < -0.4 is 11.1 Å². The van der Waals surface area contributed by atoms with Crippen molar-refractivity contribution in [2.75, 3.05) is 11.1 Å². The standard InChI is InChI=1S/C19H18ClN3O2.C2H6/c1-13(16-5-2-3-6-17(16)20)25-19(24)22-18-7-4-12-23(18)15-10-8-14(21)9-11-15;1-2/h2-13H,21H2,1H3,(H,22,24);1-2H3. The van der Waals surface area contributed by atoms with Gasteiger partial charge in [0, 0.05) is 28.2 Å². The fourth-order valence-electron chi connectivity index (χ4n) is 2.51. The monoisotopic (exact) mass is 385 g/mol. The van der Waals surface area contributed by atoms with Crippen molar-refractivity contribution in [2.24, 2.45) is 0 Å². The van der Waals surface area contributed by atoms with Crippen molar-refractivity contribution >= 4 is 29.2 Å². The van der Waals surface area contributed by atoms with Crippen LogP contribution in [0.4, 0.5) is 16.3 Å². The molecule has 0 spiro atoms. The van der Waals surface area contributed by atoms with E-state index in [0.717, 1.165) is 11.3 Å². The van der Waals surface area contributed by atoms with E-state index < -0.39 is 12.2 Å². The average Bonchev–Trinajstić information content (AvgIpc) is 3.12. The lowest BCUT2D eigenvalue weighted by atomic mass is 10.1. The molecule has 2 aromatic carbocycles. The minimum atomic E-state index is -0.553. The van der Waals surface area contributed by atoms with Gasteiger partial charge in [0.15, 0.2) is 0 Å². The van der Waals surface area contributed by atoms with Gasteiger partial charge in [0.05, 0.1) is 0 Å². The zero-order valence-electron chi connectivity index (χ0n) is 15.6. The number of hydrogen-bond donors (Lipinski definition) is 2. The molecule has 3 N–H and O–H groups in total. The van der Waals surface area contributed by atoms with Crippen molar-refractivity contribution < 1.29 is 9.53 Å². The third-order valence-electron chi connectivity index (χ3n) is 3.78. The third kappa shape index (κ3) is 5.28. The van der Waals surface area contributed by atoms with Crippen LogP contribution in [0.15, 0.2) is 66.9 Å². The summed E-state index contributed by atoms with van der Waals surface area (Å²) in [6, 6.07) is 18.3. The number of nitrogens with one attached hydrogen (secondary N) is 1. The molecule has 0 aliphatic carbocycles. The van der Waals surface area contributed by atoms with Crippen molar-refractivity contribution in [1.82, 2.24) is 4.57 Å². The highest BCUT2D eigenvalue weighted by Gasteiger charge is 2.15. The number of anilines is 2. The predicted molar refractivity (Wildman–Crippen MR) is 112 cm³/mol. The Morgan fingerprint density at radius 2 is 1.74 bits per heavy atom. The van der Waals surface area contributed by atoms with Crippen molar-refractivity contribution in [3.8, 4) is 5.69 Å². The number of rotatable bonds is 4. The Labute approximate surface area is 164 Å². The van der Waals surface area contributed by atoms with Crippen molar-refractivity contribution in [2.45, 2.75) is 26.9 Å². The van der Waals surface area contributed by atoms with E-state index in [1.54, 1.807) is 31.2 Å². The SMILES string of the molecule is CC.CC(OC(=O)Nc1cccn1-c1ccc(N)cc1)c1ccccc1Cl. The molecule has 1 aromatic heterocycles. The van der Waals surface area contributed by atoms with E-state index in [1.807, 2.05) is 61.0 Å². The van der Waals surface area contributed by atoms with Gasteiger partial charge in [0.25, 0.3) is 0 Å². The first kappa shape index (κ1) is 20.4. The van der Waals surface area contributed by atoms with Gasteiger partial charge < -0.3 is 15.0 Å². The Morgan fingerprint density at radius 3 is 2.41 bits per heavy atom. The van der Waals surface area contributed by atoms with Gasteiger partial charge in [0.1, 0.15) is 11.9 Å². The number of carbonyl (C=O) groups is 1. The largest absolute Gasteiger partial charge is 0.441 e. The molecule has 1 atom stereocenters. The molecule has 1 unspecified atom stereocenters. The molecule has 0 aliphatic rings. The molecule has 27 heavy (non-hydrogen) atoms. The van der Waals surface area contributed by atoms with Crippen molar-refractivity contribution in [1.29, 1.82) is 0 Å². The molecule has 3 aromatic rings. The summed E-state index contributed by atoms with van der Waals surface area (Å²) < 4.78 is 7.27. The second kappa shape index (κ2) is 9.69. The molecule has 3 rings (SSSR count). The van der Waals surface area contributed by atoms with Gasteiger partial charge in [-0.05, 0) is 49.4 Å². The second-order valence-electron chi connectivity index (χ2n) is 5.55. The van der Waals surface area contributed by atoms with E-state index in [9.17, 15) is 4.79 Å². The number of halogens is 1. The molecular formula is C21H24ClN3O2. The number of ether oxygens (including phenoxy) is 1. The number of carbonyl (C=O) groups excluding carboxylic acids is 1. The summed E-state index contributed by atoms with van der Waals surface area (Å²) in [4.78, 5) is 12.2. The molecule has 0 radical (unpaired) electrons. The molecule has 0 bridgehead atoms. The predicted octanol–water partition coefficient (Wildman–Crippen LogP) is 6.05. The minimum Gasteiger partial charge on any atom is -0.441 e. The van der Waals surface area contributed by atoms with Crippen LogP contribution in [-0.4, -0.2) is 10.7 Å². The normalized spacial score (nSPS) is 11.1. The zero-order chi connectivity index (χ0) is 19.8. The highest BCUT2D eigenvalue weighted by Crippen LogP contribution is 2.25. The van der Waals surface area contributed by atoms with Crippen LogP contribution in [-0.2, 0) is 4.74 Å². The number of nitrogens with zero attached hydrogens (tertiary/aromatic N) is 1. The van der Waals surface area contributed by atoms with Crippen molar-refractivity contribution in [3.05, 3.63) is 77.4 Å². The van der Waals surface area contributed by atoms with E-state index in [4.69, 9.17) is 22.1 Å². The molecule has 0 aliphatic heterocycles. The molecule has 6 heteroatoms. The highest BCUT2D eigenvalue weighted by atomic mass is 35.5. The Hall–Kier alpha value is -2.92. The number of aromatic nitrogens is 1. The average molecular weight is 386 g/mol. The number of amides is 1. The van der Waals surface area contributed by atoms with Gasteiger partial charge in [-0.2, -0.15) is 0 Å². The van der Waals surface area contributed by atoms with Crippen LogP contribution in [0.2, 0.25) is 5.02 Å². The van der Waals surface area contributed by atoms with E-state index >= 15 is 0 Å². The quantitative estimate of drug-likeness (QED) is 0.537. The van der Waals surface area contributed by atoms with Crippen LogP contribution in [0.5, 0.6) is 0 Å². The number of hydrogen-bond acceptors (Lipinski definition) is 3. The Kier molecular flexibility index (Phi) is 7.32. The first-order chi connectivity index (χ1) is 13.0. The van der Waals surface area contributed by atoms with E-state index in [2.05, 4.69) is 5.32 Å². The molecular weight excluding hydrogens is 362 g/mol. The smallest absolute Gasteiger partial charge is 0.413 e. The summed E-state index contributed by atoms with van der Waals surface area (Å²) in [5, 5.41) is 3.31. The maximum Gasteiger partial charge on any atom is 0.413 e. The molecule has 0 fully saturated rings. The number of nitrogen functional groups attached to an aromatic ring is 1. The summed E-state index contributed by atoms with van der Waals surface area (Å²) in [5.41, 5.74) is 8.03. The van der Waals surface area contributed by atoms with Crippen molar-refractivity contribution in [3.63, 3.8) is 0 Å². The number of benzene rings is 2. The summed E-state index contributed by atoms with van der Waals surface area (Å²) in [6.45, 7) is 5.78. The fraction of sp³-hybridized carbons (Fsp3) is 0.190. The van der Waals surface area contributed by atoms with Crippen LogP contribution in [0, 0.1) is 0 Å². The van der Waals surface area contributed by atoms with E-state index in [0.29, 0.717) is 16.5 Å². The summed E-state index contributed by atoms with van der Waals surface area (Å²) in [5.74, 6) is 0.598. The molecule has 142 valence electrons. The Morgan fingerprint density at radius 1 is 1.07 bits per heavy atom. The molecule has 1 amide bonds. The lowest BCUT2D eigenvalue weighted by molar-refractivity contribution is 0.121. The topological polar surface area (TPSA) is 69.3 Å². The number of nitrogens with two attached hydrogens (primary N) is 1. The van der Waals surface area contributed by atoms with Gasteiger partial charge in [-0.1, -0.05) is 43.6 Å². The van der Waals surface area contributed by atoms with Crippen LogP contribution in [0.1, 0.15) is 32.4 Å². The lowest BCUT2D eigenvalue weighted by Crippen LogP contribution is -2.18. The molecule has 1 heterocycles. The first-order valence-corrected chi connectivity index (χ1v) is 9.18. The van der Waals surface area contributed by atoms with Crippen LogP contribution in [0.3, 0.4) is 0 Å². The minimum absolute atomic E-state index is 0.464. The third-order valence-corrected chi connectivity index (χ3v) is 4.12. The van der Waals surface area contributed by atoms with Gasteiger partial charge in [0.2, 0.25) is 0 Å². The van der Waals surface area contributed by atoms with E-state index in [1.165, 1.54) is 0 Å². The lowest BCUT2D eigenvalue weighted by Gasteiger charge is -2.16. The molecule has 5 nitrogen and oxygen atoms in total. The highest BCUT2D eigenvalue weighted by molar-refractivity contribution is 6.31. The molecule has 0 saturated heterocycles. The van der Waals surface area contributed by atoms with E-state index in [-0.39, 0.29) is 0 Å².